The Kier molecular flexibility index (Phi) is 7.82. The second-order valence-corrected chi connectivity index (χ2v) is 14.2. The van der Waals surface area contributed by atoms with Crippen LogP contribution in [0, 0.1) is 40.4 Å². The number of benzene rings is 1. The van der Waals surface area contributed by atoms with Crippen molar-refractivity contribution in [3.05, 3.63) is 28.3 Å². The number of phenolic OH excluding ortho intramolecular Hbond substituents is 1. The van der Waals surface area contributed by atoms with E-state index in [0.717, 1.165) is 25.3 Å². The van der Waals surface area contributed by atoms with Crippen LogP contribution in [0.3, 0.4) is 0 Å². The predicted octanol–water partition coefficient (Wildman–Crippen LogP) is 5.20. The Hall–Kier alpha value is -2.67. The number of rotatable bonds is 7. The largest absolute Gasteiger partial charge is 0.507 e. The van der Waals surface area contributed by atoms with Crippen molar-refractivity contribution in [3.8, 4) is 5.75 Å². The van der Waals surface area contributed by atoms with E-state index in [1.165, 1.54) is 0 Å². The minimum Gasteiger partial charge on any atom is -0.507 e. The summed E-state index contributed by atoms with van der Waals surface area (Å²) in [5.41, 5.74) is -2.76. The van der Waals surface area contributed by atoms with Crippen LogP contribution in [0.15, 0.2) is 6.07 Å². The summed E-state index contributed by atoms with van der Waals surface area (Å²) in [5, 5.41) is 23.7. The number of hydrogen-bond acceptors (Lipinski definition) is 7. The molecule has 1 aromatic rings. The highest BCUT2D eigenvalue weighted by Gasteiger charge is 2.76. The highest BCUT2D eigenvalue weighted by Crippen LogP contribution is 2.64. The van der Waals surface area contributed by atoms with Gasteiger partial charge < -0.3 is 10.2 Å². The van der Waals surface area contributed by atoms with Crippen LogP contribution in [0.2, 0.25) is 0 Å². The maximum Gasteiger partial charge on any atom is 0.190 e. The van der Waals surface area contributed by atoms with E-state index in [4.69, 9.17) is 0 Å². The van der Waals surface area contributed by atoms with E-state index in [9.17, 15) is 34.2 Å². The van der Waals surface area contributed by atoms with Crippen LogP contribution < -0.4 is 0 Å². The molecular weight excluding hydrogens is 520 g/mol. The fraction of sp³-hybridized carbons (Fsp3) is 0.676. The number of hydrogen-bond donors (Lipinski definition) is 2. The van der Waals surface area contributed by atoms with E-state index in [0.29, 0.717) is 23.5 Å². The minimum atomic E-state index is -2.67. The molecule has 41 heavy (non-hydrogen) atoms. The number of carbonyl (C=O) groups is 5. The Labute approximate surface area is 243 Å². The van der Waals surface area contributed by atoms with Gasteiger partial charge in [-0.3, -0.25) is 24.0 Å². The number of carbonyl (C=O) groups excluding carboxylic acids is 5. The molecule has 7 nitrogen and oxygen atoms in total. The third kappa shape index (κ3) is 4.20. The molecule has 0 bridgehead atoms. The highest BCUT2D eigenvalue weighted by atomic mass is 16.3. The lowest BCUT2D eigenvalue weighted by Gasteiger charge is -2.62. The van der Waals surface area contributed by atoms with Crippen LogP contribution in [-0.4, -0.2) is 44.7 Å². The van der Waals surface area contributed by atoms with Crippen LogP contribution in [0.25, 0.3) is 0 Å². The maximum atomic E-state index is 14.5. The molecule has 0 aromatic heterocycles. The topological polar surface area (TPSA) is 126 Å². The van der Waals surface area contributed by atoms with Gasteiger partial charge in [0.05, 0.1) is 11.5 Å². The van der Waals surface area contributed by atoms with Crippen LogP contribution in [0.4, 0.5) is 0 Å². The summed E-state index contributed by atoms with van der Waals surface area (Å²) in [6.07, 6.45) is 2.77. The predicted molar refractivity (Wildman–Crippen MR) is 155 cm³/mol. The fourth-order valence-corrected chi connectivity index (χ4v) is 8.85. The lowest BCUT2D eigenvalue weighted by atomic mass is 9.39. The molecule has 7 heteroatoms. The molecule has 4 rings (SSSR count). The van der Waals surface area contributed by atoms with Gasteiger partial charge in [0.2, 0.25) is 0 Å². The van der Waals surface area contributed by atoms with Crippen molar-refractivity contribution in [2.75, 3.05) is 0 Å². The van der Waals surface area contributed by atoms with Crippen molar-refractivity contribution in [1.82, 2.24) is 0 Å². The number of phenols is 1. The molecule has 2 saturated carbocycles. The van der Waals surface area contributed by atoms with Crippen LogP contribution >= 0.6 is 0 Å². The van der Waals surface area contributed by atoms with Crippen molar-refractivity contribution in [2.45, 2.75) is 106 Å². The zero-order valence-electron chi connectivity index (χ0n) is 26.0. The molecule has 0 aliphatic heterocycles. The molecule has 224 valence electrons. The number of Topliss-reactive ketones (excluding diaryl/α,β-unsaturated/α-hetero) is 5. The third-order valence-electron chi connectivity index (χ3n) is 10.8. The van der Waals surface area contributed by atoms with Gasteiger partial charge in [0.1, 0.15) is 17.5 Å². The first-order valence-electron chi connectivity index (χ1n) is 15.2. The average Bonchev–Trinajstić information content (AvgIpc) is 2.85. The number of ketones is 5. The van der Waals surface area contributed by atoms with Crippen molar-refractivity contribution >= 4 is 28.9 Å². The van der Waals surface area contributed by atoms with E-state index in [2.05, 4.69) is 13.8 Å². The van der Waals surface area contributed by atoms with Crippen molar-refractivity contribution < 1.29 is 34.2 Å². The van der Waals surface area contributed by atoms with Gasteiger partial charge in [-0.2, -0.15) is 0 Å². The molecular formula is C34H46O7. The van der Waals surface area contributed by atoms with Gasteiger partial charge in [0.25, 0.3) is 0 Å². The van der Waals surface area contributed by atoms with Crippen molar-refractivity contribution in [2.24, 2.45) is 40.4 Å². The first-order chi connectivity index (χ1) is 18.9. The van der Waals surface area contributed by atoms with Crippen molar-refractivity contribution in [1.29, 1.82) is 0 Å². The molecule has 0 heterocycles. The van der Waals surface area contributed by atoms with E-state index in [1.807, 2.05) is 26.8 Å². The summed E-state index contributed by atoms with van der Waals surface area (Å²) >= 11 is 0. The quantitative estimate of drug-likeness (QED) is 0.435. The maximum absolute atomic E-state index is 14.5. The van der Waals surface area contributed by atoms with Crippen LogP contribution in [0.1, 0.15) is 115 Å². The minimum absolute atomic E-state index is 0.0436. The van der Waals surface area contributed by atoms with Crippen LogP contribution in [0.5, 0.6) is 5.75 Å². The highest BCUT2D eigenvalue weighted by molar-refractivity contribution is 6.32. The summed E-state index contributed by atoms with van der Waals surface area (Å²) in [4.78, 5) is 68.9. The Morgan fingerprint density at radius 3 is 2.10 bits per heavy atom. The van der Waals surface area contributed by atoms with Crippen molar-refractivity contribution in [3.63, 3.8) is 0 Å². The van der Waals surface area contributed by atoms with Gasteiger partial charge >= 0.3 is 0 Å². The van der Waals surface area contributed by atoms with E-state index >= 15 is 0 Å². The molecule has 3 unspecified atom stereocenters. The van der Waals surface area contributed by atoms with E-state index in [-0.39, 0.29) is 36.0 Å². The molecule has 2 N–H and O–H groups in total. The zero-order valence-corrected chi connectivity index (χ0v) is 26.0. The molecule has 0 radical (unpaired) electrons. The molecule has 3 aliphatic rings. The van der Waals surface area contributed by atoms with E-state index in [1.54, 1.807) is 20.8 Å². The first kappa shape index (κ1) is 31.3. The summed E-state index contributed by atoms with van der Waals surface area (Å²) in [7, 11) is 0. The van der Waals surface area contributed by atoms with Crippen LogP contribution in [-0.2, 0) is 32.0 Å². The lowest BCUT2D eigenvalue weighted by Crippen LogP contribution is -2.76. The molecule has 6 atom stereocenters. The Bertz CT molecular complexity index is 1330. The number of aliphatic hydroxyl groups is 1. The molecule has 0 spiro atoms. The SMILES string of the molecule is CCC(CC)Cc1cc(C(C)C)c2c(c1O)C(=O)C1C(=O)[C@@]3(O)C(=O)C(C(C)=O)C(=O)C(C(C)C)[C@@]3(C)C[C@@]1(C)C2. The normalized spacial score (nSPS) is 33.3. The summed E-state index contributed by atoms with van der Waals surface area (Å²) in [5.74, 6) is -8.13. The summed E-state index contributed by atoms with van der Waals surface area (Å²) < 4.78 is 0. The first-order valence-corrected chi connectivity index (χ1v) is 15.2. The monoisotopic (exact) mass is 566 g/mol. The van der Waals surface area contributed by atoms with Gasteiger partial charge in [0, 0.05) is 11.3 Å². The zero-order chi connectivity index (χ0) is 31.0. The Morgan fingerprint density at radius 2 is 1.61 bits per heavy atom. The number of fused-ring (bicyclic) bond motifs is 3. The Balaban J connectivity index is 1.98. The average molecular weight is 567 g/mol. The van der Waals surface area contributed by atoms with E-state index < -0.39 is 63.1 Å². The molecule has 2 fully saturated rings. The fourth-order valence-electron chi connectivity index (χ4n) is 8.85. The second kappa shape index (κ2) is 10.3. The number of aromatic hydroxyl groups is 1. The molecule has 0 saturated heterocycles. The molecule has 1 aromatic carbocycles. The Morgan fingerprint density at radius 1 is 1.02 bits per heavy atom. The lowest BCUT2D eigenvalue weighted by molar-refractivity contribution is -0.205. The molecule has 0 amide bonds. The smallest absolute Gasteiger partial charge is 0.190 e. The van der Waals surface area contributed by atoms with Gasteiger partial charge in [0.15, 0.2) is 28.7 Å². The third-order valence-corrected chi connectivity index (χ3v) is 10.8. The van der Waals surface area contributed by atoms with Gasteiger partial charge in [-0.15, -0.1) is 0 Å². The van der Waals surface area contributed by atoms with Gasteiger partial charge in [-0.05, 0) is 66.0 Å². The van der Waals surface area contributed by atoms with Gasteiger partial charge in [-0.25, -0.2) is 0 Å². The second-order valence-electron chi connectivity index (χ2n) is 14.2. The summed E-state index contributed by atoms with van der Waals surface area (Å²) in [6, 6.07) is 2.00. The van der Waals surface area contributed by atoms with Gasteiger partial charge in [-0.1, -0.05) is 74.3 Å². The standard InChI is InChI=1S/C34H46O7/c1-10-19(11-2)12-20-13-21(16(3)4)22-14-32(8)15-33(9)25(17(5)6)28(37)23(18(7)35)30(39)34(33,41)31(40)26(32)29(38)24(22)27(20)36/h13,16-17,19,23,25-26,36,41H,10-12,14-15H2,1-9H3/t23?,25?,26?,32-,33-,34+/m1/s1. The molecule has 3 aliphatic carbocycles. The summed E-state index contributed by atoms with van der Waals surface area (Å²) in [6.45, 7) is 16.4.